The second-order valence-corrected chi connectivity index (χ2v) is 7.16. The van der Waals surface area contributed by atoms with Crippen molar-refractivity contribution in [1.82, 2.24) is 10.2 Å². The topological polar surface area (TPSA) is 49.4 Å². The molecular formula is C21H22N2O2. The molecule has 0 bridgehead atoms. The van der Waals surface area contributed by atoms with Crippen molar-refractivity contribution in [3.05, 3.63) is 70.8 Å². The number of nitrogens with one attached hydrogen (secondary N) is 1. The standard InChI is InChI=1S/C21H22N2O2/c1-15-7-8-16-12-23(13-17(16)11-15)20(25)21(10-9-19(24)22-14-21)18-5-3-2-4-6-18/h2-8,11H,9-10,12-14H2,1H3,(H,22,24). The summed E-state index contributed by atoms with van der Waals surface area (Å²) in [6, 6.07) is 16.3. The van der Waals surface area contributed by atoms with Crippen LogP contribution < -0.4 is 5.32 Å². The average Bonchev–Trinajstić information content (AvgIpc) is 3.06. The van der Waals surface area contributed by atoms with E-state index in [4.69, 9.17) is 0 Å². The van der Waals surface area contributed by atoms with E-state index in [9.17, 15) is 9.59 Å². The summed E-state index contributed by atoms with van der Waals surface area (Å²) >= 11 is 0. The van der Waals surface area contributed by atoms with Crippen LogP contribution in [0.2, 0.25) is 0 Å². The number of aryl methyl sites for hydroxylation is 1. The fourth-order valence-electron chi connectivity index (χ4n) is 4.03. The van der Waals surface area contributed by atoms with Gasteiger partial charge in [-0.25, -0.2) is 0 Å². The quantitative estimate of drug-likeness (QED) is 0.918. The Morgan fingerprint density at radius 1 is 1.08 bits per heavy atom. The molecule has 0 saturated carbocycles. The van der Waals surface area contributed by atoms with Crippen molar-refractivity contribution < 1.29 is 9.59 Å². The fourth-order valence-corrected chi connectivity index (χ4v) is 4.03. The predicted molar refractivity (Wildman–Crippen MR) is 95.8 cm³/mol. The normalized spacial score (nSPS) is 22.4. The molecule has 2 aliphatic heterocycles. The number of piperidine rings is 1. The molecule has 2 aromatic carbocycles. The van der Waals surface area contributed by atoms with Crippen LogP contribution in [0.3, 0.4) is 0 Å². The van der Waals surface area contributed by atoms with E-state index < -0.39 is 5.41 Å². The number of carbonyl (C=O) groups excluding carboxylic acids is 2. The fraction of sp³-hybridized carbons (Fsp3) is 0.333. The second-order valence-electron chi connectivity index (χ2n) is 7.16. The van der Waals surface area contributed by atoms with Gasteiger partial charge in [0.15, 0.2) is 0 Å². The minimum Gasteiger partial charge on any atom is -0.355 e. The first-order chi connectivity index (χ1) is 12.1. The summed E-state index contributed by atoms with van der Waals surface area (Å²) in [5.74, 6) is 0.146. The Morgan fingerprint density at radius 2 is 1.84 bits per heavy atom. The highest BCUT2D eigenvalue weighted by Crippen LogP contribution is 2.36. The highest BCUT2D eigenvalue weighted by atomic mass is 16.2. The molecule has 25 heavy (non-hydrogen) atoms. The van der Waals surface area contributed by atoms with E-state index in [1.54, 1.807) is 0 Å². The lowest BCUT2D eigenvalue weighted by atomic mass is 9.73. The zero-order valence-corrected chi connectivity index (χ0v) is 14.4. The molecular weight excluding hydrogens is 312 g/mol. The summed E-state index contributed by atoms with van der Waals surface area (Å²) in [5.41, 5.74) is 4.01. The Labute approximate surface area is 147 Å². The molecule has 0 spiro atoms. The maximum Gasteiger partial charge on any atom is 0.235 e. The molecule has 1 unspecified atom stereocenters. The van der Waals surface area contributed by atoms with Gasteiger partial charge >= 0.3 is 0 Å². The Balaban J connectivity index is 1.67. The molecule has 4 heteroatoms. The van der Waals surface area contributed by atoms with Crippen molar-refractivity contribution in [2.24, 2.45) is 0 Å². The summed E-state index contributed by atoms with van der Waals surface area (Å²) in [5, 5.41) is 2.92. The molecule has 128 valence electrons. The van der Waals surface area contributed by atoms with E-state index in [1.807, 2.05) is 35.2 Å². The van der Waals surface area contributed by atoms with Gasteiger partial charge in [-0.05, 0) is 30.0 Å². The molecule has 2 aromatic rings. The number of rotatable bonds is 2. The SMILES string of the molecule is Cc1ccc2c(c1)CN(C(=O)C1(c3ccccc3)CCC(=O)NC1)C2. The zero-order valence-electron chi connectivity index (χ0n) is 14.4. The number of nitrogens with zero attached hydrogens (tertiary/aromatic N) is 1. The number of hydrogen-bond donors (Lipinski definition) is 1. The van der Waals surface area contributed by atoms with Crippen LogP contribution in [0.4, 0.5) is 0 Å². The van der Waals surface area contributed by atoms with Crippen molar-refractivity contribution in [3.63, 3.8) is 0 Å². The first-order valence-electron chi connectivity index (χ1n) is 8.78. The van der Waals surface area contributed by atoms with Gasteiger partial charge in [-0.2, -0.15) is 0 Å². The summed E-state index contributed by atoms with van der Waals surface area (Å²) in [6.07, 6.45) is 0.952. The molecule has 1 atom stereocenters. The Bertz CT molecular complexity index is 819. The predicted octanol–water partition coefficient (Wildman–Crippen LogP) is 2.69. The van der Waals surface area contributed by atoms with Crippen LogP contribution in [0, 0.1) is 6.92 Å². The van der Waals surface area contributed by atoms with Gasteiger partial charge in [0.1, 0.15) is 0 Å². The van der Waals surface area contributed by atoms with Crippen LogP contribution in [0.5, 0.6) is 0 Å². The summed E-state index contributed by atoms with van der Waals surface area (Å²) < 4.78 is 0. The lowest BCUT2D eigenvalue weighted by Gasteiger charge is -2.39. The van der Waals surface area contributed by atoms with Crippen LogP contribution in [0.15, 0.2) is 48.5 Å². The van der Waals surface area contributed by atoms with Gasteiger partial charge in [-0.15, -0.1) is 0 Å². The highest BCUT2D eigenvalue weighted by molar-refractivity contribution is 5.92. The first-order valence-corrected chi connectivity index (χ1v) is 8.78. The van der Waals surface area contributed by atoms with E-state index >= 15 is 0 Å². The molecule has 0 aromatic heterocycles. The molecule has 2 aliphatic rings. The third-order valence-electron chi connectivity index (χ3n) is 5.47. The average molecular weight is 334 g/mol. The van der Waals surface area contributed by atoms with Crippen molar-refractivity contribution in [1.29, 1.82) is 0 Å². The van der Waals surface area contributed by atoms with Crippen LogP contribution in [0.1, 0.15) is 35.1 Å². The zero-order chi connectivity index (χ0) is 17.4. The number of benzene rings is 2. The second kappa shape index (κ2) is 6.03. The van der Waals surface area contributed by atoms with Crippen molar-refractivity contribution in [2.75, 3.05) is 6.54 Å². The molecule has 1 fully saturated rings. The van der Waals surface area contributed by atoms with Gasteiger partial charge in [0, 0.05) is 26.1 Å². The Hall–Kier alpha value is -2.62. The lowest BCUT2D eigenvalue weighted by Crippen LogP contribution is -2.55. The van der Waals surface area contributed by atoms with Gasteiger partial charge in [0.25, 0.3) is 0 Å². The van der Waals surface area contributed by atoms with E-state index in [1.165, 1.54) is 16.7 Å². The molecule has 2 heterocycles. The third-order valence-corrected chi connectivity index (χ3v) is 5.47. The summed E-state index contributed by atoms with van der Waals surface area (Å²) in [7, 11) is 0. The first kappa shape index (κ1) is 15.9. The number of carbonyl (C=O) groups is 2. The summed E-state index contributed by atoms with van der Waals surface area (Å²) in [4.78, 5) is 27.2. The monoisotopic (exact) mass is 334 g/mol. The van der Waals surface area contributed by atoms with E-state index in [-0.39, 0.29) is 11.8 Å². The Kier molecular flexibility index (Phi) is 3.83. The lowest BCUT2D eigenvalue weighted by molar-refractivity contribution is -0.140. The van der Waals surface area contributed by atoms with Gasteiger partial charge in [-0.3, -0.25) is 9.59 Å². The minimum atomic E-state index is -0.660. The third kappa shape index (κ3) is 2.72. The number of hydrogen-bond acceptors (Lipinski definition) is 2. The van der Waals surface area contributed by atoms with Crippen molar-refractivity contribution in [3.8, 4) is 0 Å². The van der Waals surface area contributed by atoms with Crippen LogP contribution >= 0.6 is 0 Å². The smallest absolute Gasteiger partial charge is 0.235 e. The molecule has 1 saturated heterocycles. The van der Waals surface area contributed by atoms with Crippen LogP contribution in [-0.2, 0) is 28.1 Å². The minimum absolute atomic E-state index is 0.0275. The molecule has 0 aliphatic carbocycles. The molecule has 4 nitrogen and oxygen atoms in total. The van der Waals surface area contributed by atoms with Gasteiger partial charge in [-0.1, -0.05) is 54.1 Å². The van der Waals surface area contributed by atoms with Gasteiger partial charge in [0.2, 0.25) is 11.8 Å². The van der Waals surface area contributed by atoms with Crippen LogP contribution in [-0.4, -0.2) is 23.3 Å². The van der Waals surface area contributed by atoms with Gasteiger partial charge in [0.05, 0.1) is 5.41 Å². The van der Waals surface area contributed by atoms with Crippen LogP contribution in [0.25, 0.3) is 0 Å². The number of fused-ring (bicyclic) bond motifs is 1. The maximum atomic E-state index is 13.6. The Morgan fingerprint density at radius 3 is 2.56 bits per heavy atom. The number of amides is 2. The van der Waals surface area contributed by atoms with E-state index in [2.05, 4.69) is 30.4 Å². The van der Waals surface area contributed by atoms with Crippen molar-refractivity contribution in [2.45, 2.75) is 38.3 Å². The summed E-state index contributed by atoms with van der Waals surface area (Å²) in [6.45, 7) is 3.75. The molecule has 0 radical (unpaired) electrons. The van der Waals surface area contributed by atoms with Crippen molar-refractivity contribution >= 4 is 11.8 Å². The molecule has 4 rings (SSSR count). The highest BCUT2D eigenvalue weighted by Gasteiger charge is 2.46. The van der Waals surface area contributed by atoms with E-state index in [0.717, 1.165) is 5.56 Å². The molecule has 1 N–H and O–H groups in total. The van der Waals surface area contributed by atoms with E-state index in [0.29, 0.717) is 32.5 Å². The molecule has 2 amide bonds. The van der Waals surface area contributed by atoms with Gasteiger partial charge < -0.3 is 10.2 Å². The largest absolute Gasteiger partial charge is 0.355 e. The maximum absolute atomic E-state index is 13.6.